The van der Waals surface area contributed by atoms with Gasteiger partial charge in [-0.3, -0.25) is 0 Å². The summed E-state index contributed by atoms with van der Waals surface area (Å²) in [5, 5.41) is 0. The van der Waals surface area contributed by atoms with Crippen LogP contribution >= 0.6 is 0 Å². The molecule has 0 saturated heterocycles. The fourth-order valence-electron chi connectivity index (χ4n) is 1.67. The van der Waals surface area contributed by atoms with Crippen molar-refractivity contribution < 1.29 is 8.42 Å². The lowest BCUT2D eigenvalue weighted by Crippen LogP contribution is -2.42. The van der Waals surface area contributed by atoms with Crippen LogP contribution in [0, 0.1) is 5.41 Å². The SMILES string of the molecule is C=CC(C)(C)C(NS(=O)(=O)N(C)C)c1ccccc1. The van der Waals surface area contributed by atoms with Crippen molar-refractivity contribution in [1.29, 1.82) is 0 Å². The van der Waals surface area contributed by atoms with Gasteiger partial charge in [-0.1, -0.05) is 50.3 Å². The molecule has 0 fully saturated rings. The molecule has 0 aliphatic heterocycles. The van der Waals surface area contributed by atoms with Crippen LogP contribution in [0.5, 0.6) is 0 Å². The molecule has 1 N–H and O–H groups in total. The molecule has 106 valence electrons. The molecule has 19 heavy (non-hydrogen) atoms. The molecule has 0 saturated carbocycles. The molecule has 0 aliphatic rings. The Morgan fingerprint density at radius 1 is 1.26 bits per heavy atom. The lowest BCUT2D eigenvalue weighted by atomic mass is 9.81. The highest BCUT2D eigenvalue weighted by molar-refractivity contribution is 7.87. The Hall–Kier alpha value is -1.17. The summed E-state index contributed by atoms with van der Waals surface area (Å²) in [7, 11) is -0.493. The van der Waals surface area contributed by atoms with Gasteiger partial charge >= 0.3 is 0 Å². The van der Waals surface area contributed by atoms with Crippen LogP contribution in [0.4, 0.5) is 0 Å². The normalized spacial score (nSPS) is 14.4. The molecule has 5 heteroatoms. The van der Waals surface area contributed by atoms with Crippen LogP contribution in [-0.2, 0) is 10.2 Å². The van der Waals surface area contributed by atoms with Crippen molar-refractivity contribution in [3.05, 3.63) is 48.6 Å². The highest BCUT2D eigenvalue weighted by atomic mass is 32.2. The van der Waals surface area contributed by atoms with Crippen molar-refractivity contribution in [1.82, 2.24) is 9.03 Å². The van der Waals surface area contributed by atoms with E-state index >= 15 is 0 Å². The molecule has 0 aliphatic carbocycles. The first kappa shape index (κ1) is 15.9. The fourth-order valence-corrected chi connectivity index (χ4v) is 2.62. The fraction of sp³-hybridized carbons (Fsp3) is 0.429. The predicted molar refractivity (Wildman–Crippen MR) is 78.9 cm³/mol. The van der Waals surface area contributed by atoms with Gasteiger partial charge in [-0.2, -0.15) is 17.4 Å². The van der Waals surface area contributed by atoms with Gasteiger partial charge in [0, 0.05) is 19.5 Å². The molecule has 1 atom stereocenters. The first-order valence-electron chi connectivity index (χ1n) is 6.09. The van der Waals surface area contributed by atoms with Crippen LogP contribution in [0.2, 0.25) is 0 Å². The molecule has 1 rings (SSSR count). The number of benzene rings is 1. The predicted octanol–water partition coefficient (Wildman–Crippen LogP) is 2.34. The van der Waals surface area contributed by atoms with Crippen LogP contribution in [0.15, 0.2) is 43.0 Å². The zero-order chi connectivity index (χ0) is 14.7. The summed E-state index contributed by atoms with van der Waals surface area (Å²) < 4.78 is 28.0. The van der Waals surface area contributed by atoms with Crippen molar-refractivity contribution in [2.75, 3.05) is 14.1 Å². The minimum atomic E-state index is -3.50. The van der Waals surface area contributed by atoms with E-state index in [-0.39, 0.29) is 6.04 Å². The molecule has 0 spiro atoms. The van der Waals surface area contributed by atoms with E-state index in [1.165, 1.54) is 18.4 Å². The Morgan fingerprint density at radius 2 is 1.79 bits per heavy atom. The zero-order valence-electron chi connectivity index (χ0n) is 11.9. The van der Waals surface area contributed by atoms with Crippen molar-refractivity contribution in [2.24, 2.45) is 5.41 Å². The Morgan fingerprint density at radius 3 is 2.21 bits per heavy atom. The van der Waals surface area contributed by atoms with Crippen molar-refractivity contribution in [3.8, 4) is 0 Å². The minimum absolute atomic E-state index is 0.362. The van der Waals surface area contributed by atoms with Gasteiger partial charge in [0.25, 0.3) is 10.2 Å². The van der Waals surface area contributed by atoms with Gasteiger partial charge in [0.2, 0.25) is 0 Å². The monoisotopic (exact) mass is 282 g/mol. The van der Waals surface area contributed by atoms with E-state index in [0.717, 1.165) is 5.56 Å². The average Bonchev–Trinajstić information content (AvgIpc) is 2.36. The average molecular weight is 282 g/mol. The van der Waals surface area contributed by atoms with E-state index in [0.29, 0.717) is 0 Å². The second-order valence-corrected chi connectivity index (χ2v) is 7.19. The van der Waals surface area contributed by atoms with Crippen LogP contribution in [-0.4, -0.2) is 26.8 Å². The molecule has 0 amide bonds. The van der Waals surface area contributed by atoms with Gasteiger partial charge in [-0.05, 0) is 5.56 Å². The third-order valence-electron chi connectivity index (χ3n) is 3.15. The van der Waals surface area contributed by atoms with Gasteiger partial charge in [0.15, 0.2) is 0 Å². The lowest BCUT2D eigenvalue weighted by Gasteiger charge is -2.33. The van der Waals surface area contributed by atoms with E-state index in [1.54, 1.807) is 6.08 Å². The molecule has 0 bridgehead atoms. The summed E-state index contributed by atoms with van der Waals surface area (Å²) in [5.74, 6) is 0. The number of hydrogen-bond donors (Lipinski definition) is 1. The topological polar surface area (TPSA) is 49.4 Å². The molecule has 0 radical (unpaired) electrons. The highest BCUT2D eigenvalue weighted by Crippen LogP contribution is 2.34. The van der Waals surface area contributed by atoms with E-state index < -0.39 is 15.6 Å². The first-order valence-corrected chi connectivity index (χ1v) is 7.53. The molecule has 1 unspecified atom stereocenters. The maximum absolute atomic E-state index is 12.1. The van der Waals surface area contributed by atoms with Gasteiger partial charge in [-0.15, -0.1) is 6.58 Å². The van der Waals surface area contributed by atoms with E-state index in [2.05, 4.69) is 11.3 Å². The Labute approximate surface area is 116 Å². The third kappa shape index (κ3) is 3.89. The molecule has 4 nitrogen and oxygen atoms in total. The van der Waals surface area contributed by atoms with E-state index in [1.807, 2.05) is 44.2 Å². The van der Waals surface area contributed by atoms with Crippen LogP contribution in [0.25, 0.3) is 0 Å². The molecule has 1 aromatic carbocycles. The Bertz CT molecular complexity index is 522. The van der Waals surface area contributed by atoms with E-state index in [9.17, 15) is 8.42 Å². The summed E-state index contributed by atoms with van der Waals surface area (Å²) >= 11 is 0. The number of rotatable bonds is 6. The second kappa shape index (κ2) is 5.86. The van der Waals surface area contributed by atoms with Crippen molar-refractivity contribution >= 4 is 10.2 Å². The standard InChI is InChI=1S/C14H22N2O2S/c1-6-14(2,3)13(12-10-8-7-9-11-12)15-19(17,18)16(4)5/h6-11,13,15H,1H2,2-5H3. The lowest BCUT2D eigenvalue weighted by molar-refractivity contribution is 0.346. The first-order chi connectivity index (χ1) is 8.70. The van der Waals surface area contributed by atoms with Gasteiger partial charge < -0.3 is 0 Å². The maximum atomic E-state index is 12.1. The minimum Gasteiger partial charge on any atom is -0.195 e. The quantitative estimate of drug-likeness (QED) is 0.814. The largest absolute Gasteiger partial charge is 0.279 e. The number of hydrogen-bond acceptors (Lipinski definition) is 2. The molecule has 1 aromatic rings. The molecule has 0 heterocycles. The van der Waals surface area contributed by atoms with Crippen LogP contribution in [0.1, 0.15) is 25.5 Å². The Kier molecular flexibility index (Phi) is 4.90. The van der Waals surface area contributed by atoms with Crippen LogP contribution < -0.4 is 4.72 Å². The molecular formula is C14H22N2O2S. The van der Waals surface area contributed by atoms with Crippen molar-refractivity contribution in [2.45, 2.75) is 19.9 Å². The maximum Gasteiger partial charge on any atom is 0.279 e. The summed E-state index contributed by atoms with van der Waals surface area (Å²) in [5.41, 5.74) is 0.516. The summed E-state index contributed by atoms with van der Waals surface area (Å²) in [6.45, 7) is 7.71. The van der Waals surface area contributed by atoms with Gasteiger partial charge in [0.1, 0.15) is 0 Å². The highest BCUT2D eigenvalue weighted by Gasteiger charge is 2.32. The number of nitrogens with one attached hydrogen (secondary N) is 1. The summed E-state index contributed by atoms with van der Waals surface area (Å²) in [6.07, 6.45) is 1.77. The zero-order valence-corrected chi connectivity index (χ0v) is 12.7. The van der Waals surface area contributed by atoms with Gasteiger partial charge in [-0.25, -0.2) is 0 Å². The Balaban J connectivity index is 3.20. The van der Waals surface area contributed by atoms with Crippen LogP contribution in [0.3, 0.4) is 0 Å². The second-order valence-electron chi connectivity index (χ2n) is 5.27. The van der Waals surface area contributed by atoms with Gasteiger partial charge in [0.05, 0.1) is 6.04 Å². The smallest absolute Gasteiger partial charge is 0.195 e. The van der Waals surface area contributed by atoms with Crippen molar-refractivity contribution in [3.63, 3.8) is 0 Å². The summed E-state index contributed by atoms with van der Waals surface area (Å²) in [6, 6.07) is 9.15. The summed E-state index contributed by atoms with van der Waals surface area (Å²) in [4.78, 5) is 0. The van der Waals surface area contributed by atoms with E-state index in [4.69, 9.17) is 0 Å². The molecular weight excluding hydrogens is 260 g/mol. The molecule has 0 aromatic heterocycles. The third-order valence-corrected chi connectivity index (χ3v) is 4.65. The number of nitrogens with zero attached hydrogens (tertiary/aromatic N) is 1.